The van der Waals surface area contributed by atoms with Gasteiger partial charge in [-0.3, -0.25) is 0 Å². The van der Waals surface area contributed by atoms with E-state index in [0.29, 0.717) is 9.79 Å². The molecule has 0 saturated heterocycles. The predicted molar refractivity (Wildman–Crippen MR) is 68.4 cm³/mol. The minimum atomic E-state index is -4.56. The number of phenolic OH excluding ortho intramolecular Hbond substituents is 1. The number of hydrogen-bond acceptors (Lipinski definition) is 3. The van der Waals surface area contributed by atoms with Gasteiger partial charge in [0.15, 0.2) is 0 Å². The standard InChI is InChI=1S/C14H8F3NOS/c15-14(16,17)13-7-12(4-1-9(13)8-18)20-11-5-2-10(19)3-6-11/h1-7,19H. The molecule has 20 heavy (non-hydrogen) atoms. The smallest absolute Gasteiger partial charge is 0.417 e. The molecule has 1 N–H and O–H groups in total. The average Bonchev–Trinajstić information content (AvgIpc) is 2.40. The molecule has 2 rings (SSSR count). The number of phenols is 1. The summed E-state index contributed by atoms with van der Waals surface area (Å²) in [4.78, 5) is 1.07. The van der Waals surface area contributed by atoms with E-state index >= 15 is 0 Å². The van der Waals surface area contributed by atoms with E-state index in [1.54, 1.807) is 12.1 Å². The van der Waals surface area contributed by atoms with Gasteiger partial charge in [-0.2, -0.15) is 18.4 Å². The molecule has 0 amide bonds. The van der Waals surface area contributed by atoms with Gasteiger partial charge < -0.3 is 5.11 Å². The molecule has 0 aromatic heterocycles. The zero-order valence-electron chi connectivity index (χ0n) is 9.98. The summed E-state index contributed by atoms with van der Waals surface area (Å²) in [5.74, 6) is 0.0881. The Kier molecular flexibility index (Phi) is 3.91. The van der Waals surface area contributed by atoms with E-state index < -0.39 is 17.3 Å². The predicted octanol–water partition coefficient (Wildman–Crippen LogP) is 4.43. The van der Waals surface area contributed by atoms with Gasteiger partial charge in [0.1, 0.15) is 5.75 Å². The van der Waals surface area contributed by atoms with Crippen LogP contribution in [0.2, 0.25) is 0 Å². The highest BCUT2D eigenvalue weighted by Gasteiger charge is 2.33. The van der Waals surface area contributed by atoms with E-state index in [1.807, 2.05) is 0 Å². The van der Waals surface area contributed by atoms with Crippen LogP contribution in [-0.4, -0.2) is 5.11 Å². The fourth-order valence-corrected chi connectivity index (χ4v) is 2.43. The second-order valence-corrected chi connectivity index (χ2v) is 5.06. The number of rotatable bonds is 2. The molecule has 0 aliphatic heterocycles. The molecule has 0 atom stereocenters. The average molecular weight is 295 g/mol. The summed E-state index contributed by atoms with van der Waals surface area (Å²) in [5.41, 5.74) is -1.34. The fourth-order valence-electron chi connectivity index (χ4n) is 1.57. The summed E-state index contributed by atoms with van der Waals surface area (Å²) >= 11 is 1.13. The fraction of sp³-hybridized carbons (Fsp3) is 0.0714. The first-order valence-electron chi connectivity index (χ1n) is 5.48. The van der Waals surface area contributed by atoms with Gasteiger partial charge in [0.25, 0.3) is 0 Å². The molecule has 6 heteroatoms. The third kappa shape index (κ3) is 3.25. The van der Waals surface area contributed by atoms with Crippen LogP contribution in [0, 0.1) is 11.3 Å². The molecule has 0 spiro atoms. The molecule has 2 aromatic carbocycles. The van der Waals surface area contributed by atoms with Crippen LogP contribution >= 0.6 is 11.8 Å². The van der Waals surface area contributed by atoms with Gasteiger partial charge in [-0.15, -0.1) is 0 Å². The molecule has 0 fully saturated rings. The van der Waals surface area contributed by atoms with E-state index in [2.05, 4.69) is 0 Å². The zero-order chi connectivity index (χ0) is 14.8. The highest BCUT2D eigenvalue weighted by atomic mass is 32.2. The summed E-state index contributed by atoms with van der Waals surface area (Å²) < 4.78 is 38.4. The molecular formula is C14H8F3NOS. The Morgan fingerprint density at radius 2 is 1.60 bits per heavy atom. The van der Waals surface area contributed by atoms with Crippen molar-refractivity contribution in [2.75, 3.05) is 0 Å². The summed E-state index contributed by atoms with van der Waals surface area (Å²) in [6.45, 7) is 0. The molecule has 0 aliphatic rings. The van der Waals surface area contributed by atoms with Crippen LogP contribution in [0.25, 0.3) is 0 Å². The number of nitriles is 1. The van der Waals surface area contributed by atoms with Gasteiger partial charge in [0.2, 0.25) is 0 Å². The largest absolute Gasteiger partial charge is 0.508 e. The Hall–Kier alpha value is -2.13. The monoisotopic (exact) mass is 295 g/mol. The number of benzene rings is 2. The molecule has 0 heterocycles. The first-order chi connectivity index (χ1) is 9.40. The van der Waals surface area contributed by atoms with Gasteiger partial charge in [0, 0.05) is 9.79 Å². The molecule has 0 saturated carbocycles. The minimum absolute atomic E-state index is 0.0881. The van der Waals surface area contributed by atoms with E-state index in [9.17, 15) is 13.2 Å². The molecule has 0 aliphatic carbocycles. The SMILES string of the molecule is N#Cc1ccc(Sc2ccc(O)cc2)cc1C(F)(F)F. The number of hydrogen-bond donors (Lipinski definition) is 1. The lowest BCUT2D eigenvalue weighted by Crippen LogP contribution is -2.07. The Balaban J connectivity index is 2.34. The van der Waals surface area contributed by atoms with Gasteiger partial charge in [-0.05, 0) is 42.5 Å². The Bertz CT molecular complexity index is 660. The van der Waals surface area contributed by atoms with Crippen molar-refractivity contribution < 1.29 is 18.3 Å². The van der Waals surface area contributed by atoms with Crippen LogP contribution in [0.3, 0.4) is 0 Å². The maximum Gasteiger partial charge on any atom is 0.417 e. The number of alkyl halides is 3. The van der Waals surface area contributed by atoms with Crippen molar-refractivity contribution in [1.29, 1.82) is 5.26 Å². The normalized spacial score (nSPS) is 11.1. The molecular weight excluding hydrogens is 287 g/mol. The Morgan fingerprint density at radius 1 is 1.00 bits per heavy atom. The summed E-state index contributed by atoms with van der Waals surface area (Å²) in [7, 11) is 0. The molecule has 0 bridgehead atoms. The molecule has 2 aromatic rings. The van der Waals surface area contributed by atoms with Crippen LogP contribution < -0.4 is 0 Å². The van der Waals surface area contributed by atoms with Crippen molar-refractivity contribution in [1.82, 2.24) is 0 Å². The Morgan fingerprint density at radius 3 is 2.15 bits per heavy atom. The first-order valence-corrected chi connectivity index (χ1v) is 6.30. The molecule has 2 nitrogen and oxygen atoms in total. The van der Waals surface area contributed by atoms with Gasteiger partial charge in [0.05, 0.1) is 17.2 Å². The summed E-state index contributed by atoms with van der Waals surface area (Å²) in [5, 5.41) is 17.9. The van der Waals surface area contributed by atoms with Crippen molar-refractivity contribution in [3.63, 3.8) is 0 Å². The number of nitrogens with zero attached hydrogens (tertiary/aromatic N) is 1. The zero-order valence-corrected chi connectivity index (χ0v) is 10.8. The molecule has 0 unspecified atom stereocenters. The maximum atomic E-state index is 12.8. The third-order valence-corrected chi connectivity index (χ3v) is 3.49. The highest BCUT2D eigenvalue weighted by molar-refractivity contribution is 7.99. The van der Waals surface area contributed by atoms with E-state index in [1.165, 1.54) is 24.3 Å². The molecule has 102 valence electrons. The van der Waals surface area contributed by atoms with Crippen molar-refractivity contribution in [2.24, 2.45) is 0 Å². The summed E-state index contributed by atoms with van der Waals surface area (Å²) in [6, 6.07) is 11.2. The van der Waals surface area contributed by atoms with Crippen molar-refractivity contribution in [3.8, 4) is 11.8 Å². The van der Waals surface area contributed by atoms with E-state index in [0.717, 1.165) is 23.9 Å². The van der Waals surface area contributed by atoms with Crippen molar-refractivity contribution in [2.45, 2.75) is 16.0 Å². The van der Waals surface area contributed by atoms with Crippen molar-refractivity contribution >= 4 is 11.8 Å². The van der Waals surface area contributed by atoms with Gasteiger partial charge in [-0.1, -0.05) is 11.8 Å². The van der Waals surface area contributed by atoms with E-state index in [-0.39, 0.29) is 5.75 Å². The van der Waals surface area contributed by atoms with Crippen LogP contribution in [0.5, 0.6) is 5.75 Å². The van der Waals surface area contributed by atoms with Crippen LogP contribution in [0.4, 0.5) is 13.2 Å². The summed E-state index contributed by atoms with van der Waals surface area (Å²) in [6.07, 6.45) is -4.56. The second-order valence-electron chi connectivity index (χ2n) is 3.91. The minimum Gasteiger partial charge on any atom is -0.508 e. The van der Waals surface area contributed by atoms with E-state index in [4.69, 9.17) is 10.4 Å². The van der Waals surface area contributed by atoms with Crippen LogP contribution in [0.15, 0.2) is 52.3 Å². The lowest BCUT2D eigenvalue weighted by atomic mass is 10.1. The quantitative estimate of drug-likeness (QED) is 0.891. The van der Waals surface area contributed by atoms with Crippen LogP contribution in [-0.2, 0) is 6.18 Å². The lowest BCUT2D eigenvalue weighted by molar-refractivity contribution is -0.137. The van der Waals surface area contributed by atoms with Crippen molar-refractivity contribution in [3.05, 3.63) is 53.6 Å². The lowest BCUT2D eigenvalue weighted by Gasteiger charge is -2.10. The first kappa shape index (κ1) is 14.3. The highest BCUT2D eigenvalue weighted by Crippen LogP contribution is 2.36. The van der Waals surface area contributed by atoms with Gasteiger partial charge in [-0.25, -0.2) is 0 Å². The maximum absolute atomic E-state index is 12.8. The topological polar surface area (TPSA) is 44.0 Å². The van der Waals surface area contributed by atoms with Crippen LogP contribution in [0.1, 0.15) is 11.1 Å². The molecule has 0 radical (unpaired) electrons. The second kappa shape index (κ2) is 5.47. The number of halogens is 3. The third-order valence-electron chi connectivity index (χ3n) is 2.49. The van der Waals surface area contributed by atoms with Gasteiger partial charge >= 0.3 is 6.18 Å². The number of aromatic hydroxyl groups is 1. The Labute approximate surface area is 117 Å².